The molecule has 0 saturated carbocycles. The number of rotatable bonds is 5. The Morgan fingerprint density at radius 1 is 1.15 bits per heavy atom. The van der Waals surface area contributed by atoms with Gasteiger partial charge in [-0.1, -0.05) is 35.3 Å². The lowest BCUT2D eigenvalue weighted by atomic mass is 10.1. The van der Waals surface area contributed by atoms with Crippen molar-refractivity contribution in [2.75, 3.05) is 18.0 Å². The molecule has 2 aromatic carbocycles. The Morgan fingerprint density at radius 3 is 2.46 bits per heavy atom. The quantitative estimate of drug-likeness (QED) is 0.837. The second-order valence-corrected chi connectivity index (χ2v) is 7.07. The average molecular weight is 395 g/mol. The van der Waals surface area contributed by atoms with Gasteiger partial charge in [0.15, 0.2) is 0 Å². The SMILES string of the molecule is O=C(NCCc1ccc(F)cc1)C1CC(=O)N(c2cc(Cl)cc(Cl)c2)C1. The van der Waals surface area contributed by atoms with E-state index in [0.717, 1.165) is 5.56 Å². The van der Waals surface area contributed by atoms with E-state index >= 15 is 0 Å². The minimum Gasteiger partial charge on any atom is -0.355 e. The maximum absolute atomic E-state index is 12.9. The third-order valence-corrected chi connectivity index (χ3v) is 4.72. The fraction of sp³-hybridized carbons (Fsp3) is 0.263. The summed E-state index contributed by atoms with van der Waals surface area (Å²) in [5, 5.41) is 3.71. The van der Waals surface area contributed by atoms with Crippen molar-refractivity contribution >= 4 is 40.7 Å². The van der Waals surface area contributed by atoms with E-state index in [1.807, 2.05) is 0 Å². The Morgan fingerprint density at radius 2 is 1.81 bits per heavy atom. The van der Waals surface area contributed by atoms with Gasteiger partial charge in [0.2, 0.25) is 11.8 Å². The van der Waals surface area contributed by atoms with E-state index in [2.05, 4.69) is 5.32 Å². The number of amides is 2. The molecule has 1 unspecified atom stereocenters. The van der Waals surface area contributed by atoms with E-state index in [-0.39, 0.29) is 30.6 Å². The molecule has 7 heteroatoms. The molecule has 0 aromatic heterocycles. The Hall–Kier alpha value is -2.11. The predicted octanol–water partition coefficient (Wildman–Crippen LogP) is 3.84. The van der Waals surface area contributed by atoms with Gasteiger partial charge in [0.1, 0.15) is 5.82 Å². The van der Waals surface area contributed by atoms with Gasteiger partial charge in [0.05, 0.1) is 5.92 Å². The Bertz CT molecular complexity index is 807. The van der Waals surface area contributed by atoms with Crippen molar-refractivity contribution in [2.45, 2.75) is 12.8 Å². The zero-order valence-electron chi connectivity index (χ0n) is 13.8. The molecule has 1 aliphatic rings. The van der Waals surface area contributed by atoms with Crippen LogP contribution in [0, 0.1) is 11.7 Å². The molecule has 1 aliphatic heterocycles. The van der Waals surface area contributed by atoms with Crippen molar-refractivity contribution < 1.29 is 14.0 Å². The maximum Gasteiger partial charge on any atom is 0.227 e. The van der Waals surface area contributed by atoms with Crippen LogP contribution in [0.5, 0.6) is 0 Å². The summed E-state index contributed by atoms with van der Waals surface area (Å²) < 4.78 is 12.9. The number of benzene rings is 2. The highest BCUT2D eigenvalue weighted by molar-refractivity contribution is 6.35. The number of carbonyl (C=O) groups excluding carboxylic acids is 2. The maximum atomic E-state index is 12.9. The van der Waals surface area contributed by atoms with Crippen LogP contribution in [0.4, 0.5) is 10.1 Å². The van der Waals surface area contributed by atoms with Crippen molar-refractivity contribution in [3.8, 4) is 0 Å². The van der Waals surface area contributed by atoms with Gasteiger partial charge in [0.25, 0.3) is 0 Å². The molecule has 2 amide bonds. The normalized spacial score (nSPS) is 16.8. The average Bonchev–Trinajstić information content (AvgIpc) is 2.98. The molecule has 0 bridgehead atoms. The summed E-state index contributed by atoms with van der Waals surface area (Å²) in [5.74, 6) is -1.02. The van der Waals surface area contributed by atoms with Crippen LogP contribution in [-0.2, 0) is 16.0 Å². The Labute approximate surface area is 160 Å². The molecule has 1 atom stereocenters. The molecule has 1 fully saturated rings. The van der Waals surface area contributed by atoms with Crippen molar-refractivity contribution in [2.24, 2.45) is 5.92 Å². The van der Waals surface area contributed by atoms with E-state index in [1.54, 1.807) is 30.3 Å². The number of hydrogen-bond acceptors (Lipinski definition) is 2. The molecule has 26 heavy (non-hydrogen) atoms. The van der Waals surface area contributed by atoms with Crippen molar-refractivity contribution in [3.63, 3.8) is 0 Å². The van der Waals surface area contributed by atoms with Gasteiger partial charge in [-0.15, -0.1) is 0 Å². The lowest BCUT2D eigenvalue weighted by Crippen LogP contribution is -2.34. The number of carbonyl (C=O) groups is 2. The van der Waals surface area contributed by atoms with Gasteiger partial charge < -0.3 is 10.2 Å². The predicted molar refractivity (Wildman–Crippen MR) is 100 cm³/mol. The van der Waals surface area contributed by atoms with Gasteiger partial charge in [0, 0.05) is 35.2 Å². The second kappa shape index (κ2) is 8.06. The van der Waals surface area contributed by atoms with Gasteiger partial charge in [-0.05, 0) is 42.3 Å². The van der Waals surface area contributed by atoms with E-state index in [4.69, 9.17) is 23.2 Å². The summed E-state index contributed by atoms with van der Waals surface area (Å²) in [5.41, 5.74) is 1.53. The number of anilines is 1. The van der Waals surface area contributed by atoms with E-state index in [1.165, 1.54) is 17.0 Å². The summed E-state index contributed by atoms with van der Waals surface area (Å²) in [7, 11) is 0. The fourth-order valence-corrected chi connectivity index (χ4v) is 3.47. The van der Waals surface area contributed by atoms with Crippen LogP contribution >= 0.6 is 23.2 Å². The summed E-state index contributed by atoms with van der Waals surface area (Å²) in [6.45, 7) is 0.718. The largest absolute Gasteiger partial charge is 0.355 e. The number of halogens is 3. The number of hydrogen-bond donors (Lipinski definition) is 1. The first-order chi connectivity index (χ1) is 12.4. The van der Waals surface area contributed by atoms with Crippen molar-refractivity contribution in [3.05, 3.63) is 63.9 Å². The minimum atomic E-state index is -0.423. The van der Waals surface area contributed by atoms with E-state index in [0.29, 0.717) is 28.7 Å². The fourth-order valence-electron chi connectivity index (χ4n) is 2.95. The molecule has 0 radical (unpaired) electrons. The highest BCUT2D eigenvalue weighted by atomic mass is 35.5. The van der Waals surface area contributed by atoms with Crippen LogP contribution in [0.2, 0.25) is 10.0 Å². The van der Waals surface area contributed by atoms with E-state index < -0.39 is 5.92 Å². The molecule has 2 aromatic rings. The summed E-state index contributed by atoms with van der Waals surface area (Å²) >= 11 is 12.0. The Balaban J connectivity index is 1.55. The molecule has 3 rings (SSSR count). The third kappa shape index (κ3) is 4.54. The van der Waals surface area contributed by atoms with Gasteiger partial charge >= 0.3 is 0 Å². The summed E-state index contributed by atoms with van der Waals surface area (Å²) in [6, 6.07) is 11.0. The lowest BCUT2D eigenvalue weighted by Gasteiger charge is -2.17. The highest BCUT2D eigenvalue weighted by Crippen LogP contribution is 2.30. The van der Waals surface area contributed by atoms with Gasteiger partial charge in [-0.3, -0.25) is 9.59 Å². The minimum absolute atomic E-state index is 0.137. The number of nitrogens with zero attached hydrogens (tertiary/aromatic N) is 1. The molecule has 4 nitrogen and oxygen atoms in total. The van der Waals surface area contributed by atoms with Crippen LogP contribution in [0.25, 0.3) is 0 Å². The molecule has 136 valence electrons. The van der Waals surface area contributed by atoms with Crippen LogP contribution < -0.4 is 10.2 Å². The third-order valence-electron chi connectivity index (χ3n) is 4.28. The van der Waals surface area contributed by atoms with Crippen LogP contribution in [0.1, 0.15) is 12.0 Å². The topological polar surface area (TPSA) is 49.4 Å². The highest BCUT2D eigenvalue weighted by Gasteiger charge is 2.35. The van der Waals surface area contributed by atoms with Crippen LogP contribution in [0.15, 0.2) is 42.5 Å². The number of nitrogens with one attached hydrogen (secondary N) is 1. The smallest absolute Gasteiger partial charge is 0.227 e. The molecular formula is C19H17Cl2FN2O2. The molecular weight excluding hydrogens is 378 g/mol. The van der Waals surface area contributed by atoms with Crippen molar-refractivity contribution in [1.82, 2.24) is 5.32 Å². The first kappa shape index (κ1) is 18.7. The lowest BCUT2D eigenvalue weighted by molar-refractivity contribution is -0.126. The van der Waals surface area contributed by atoms with Crippen LogP contribution in [0.3, 0.4) is 0 Å². The van der Waals surface area contributed by atoms with Crippen molar-refractivity contribution in [1.29, 1.82) is 0 Å². The van der Waals surface area contributed by atoms with E-state index in [9.17, 15) is 14.0 Å². The zero-order chi connectivity index (χ0) is 18.7. The van der Waals surface area contributed by atoms with Gasteiger partial charge in [-0.25, -0.2) is 4.39 Å². The summed E-state index contributed by atoms with van der Waals surface area (Å²) in [4.78, 5) is 26.1. The molecule has 1 heterocycles. The monoisotopic (exact) mass is 394 g/mol. The summed E-state index contributed by atoms with van der Waals surface area (Å²) in [6.07, 6.45) is 0.743. The molecule has 1 N–H and O–H groups in total. The first-order valence-corrected chi connectivity index (χ1v) is 8.96. The first-order valence-electron chi connectivity index (χ1n) is 8.21. The molecule has 1 saturated heterocycles. The molecule has 0 aliphatic carbocycles. The molecule has 0 spiro atoms. The Kier molecular flexibility index (Phi) is 5.79. The zero-order valence-corrected chi connectivity index (χ0v) is 15.4. The second-order valence-electron chi connectivity index (χ2n) is 6.20. The van der Waals surface area contributed by atoms with Gasteiger partial charge in [-0.2, -0.15) is 0 Å². The standard InChI is InChI=1S/C19H17Cl2FN2O2/c20-14-8-15(21)10-17(9-14)24-11-13(7-18(24)25)19(26)23-6-5-12-1-3-16(22)4-2-12/h1-4,8-10,13H,5-7,11H2,(H,23,26). The van der Waals surface area contributed by atoms with Crippen LogP contribution in [-0.4, -0.2) is 24.9 Å².